The van der Waals surface area contributed by atoms with Gasteiger partial charge in [0.05, 0.1) is 44.8 Å². The van der Waals surface area contributed by atoms with E-state index in [1.54, 1.807) is 32.2 Å². The van der Waals surface area contributed by atoms with Crippen molar-refractivity contribution in [2.75, 3.05) is 50.7 Å². The van der Waals surface area contributed by atoms with Crippen molar-refractivity contribution in [3.63, 3.8) is 0 Å². The number of rotatable bonds is 7. The van der Waals surface area contributed by atoms with Crippen LogP contribution in [0.4, 0.5) is 11.5 Å². The van der Waals surface area contributed by atoms with Gasteiger partial charge in [0.15, 0.2) is 6.10 Å². The third-order valence-electron chi connectivity index (χ3n) is 4.08. The minimum Gasteiger partial charge on any atom is -0.497 e. The molecule has 0 unspecified atom stereocenters. The summed E-state index contributed by atoms with van der Waals surface area (Å²) in [7, 11) is 3.09. The maximum Gasteiger partial charge on any atom is 0.271 e. The van der Waals surface area contributed by atoms with E-state index in [1.807, 2.05) is 4.90 Å². The number of morpholine rings is 1. The van der Waals surface area contributed by atoms with Crippen molar-refractivity contribution < 1.29 is 23.7 Å². The Balaban J connectivity index is 1.68. The third kappa shape index (κ3) is 4.58. The lowest BCUT2D eigenvalue weighted by atomic mass is 10.2. The Morgan fingerprint density at radius 3 is 2.74 bits per heavy atom. The van der Waals surface area contributed by atoms with Gasteiger partial charge in [-0.25, -0.2) is 0 Å². The summed E-state index contributed by atoms with van der Waals surface area (Å²) in [5, 5.41) is 2.80. The highest BCUT2D eigenvalue weighted by Crippen LogP contribution is 2.30. The second-order valence-electron chi connectivity index (χ2n) is 5.81. The number of hydrogen-bond donors (Lipinski definition) is 1. The highest BCUT2D eigenvalue weighted by atomic mass is 32.1. The minimum atomic E-state index is -0.774. The second-order valence-corrected chi connectivity index (χ2v) is 6.34. The molecule has 9 nitrogen and oxygen atoms in total. The molecular formula is C17H22N4O5S. The maximum atomic E-state index is 12.6. The topological polar surface area (TPSA) is 95.0 Å². The first-order chi connectivity index (χ1) is 13.1. The normalized spacial score (nSPS) is 15.1. The van der Waals surface area contributed by atoms with Crippen LogP contribution in [0.5, 0.6) is 17.4 Å². The predicted octanol–water partition coefficient (Wildman–Crippen LogP) is 1.80. The lowest BCUT2D eigenvalue weighted by Gasteiger charge is -2.27. The molecular weight excluding hydrogens is 372 g/mol. The van der Waals surface area contributed by atoms with Crippen LogP contribution in [0.25, 0.3) is 0 Å². The standard InChI is InChI=1S/C17H22N4O5S/c1-11(16(22)18-13-10-12(23-2)4-5-14(13)24-3)26-17-15(19-27-20-17)21-6-8-25-9-7-21/h4-5,10-11H,6-9H2,1-3H3,(H,18,22)/t11-/m0/s1. The Hall–Kier alpha value is -2.59. The molecule has 146 valence electrons. The van der Waals surface area contributed by atoms with Crippen molar-refractivity contribution in [2.45, 2.75) is 13.0 Å². The Labute approximate surface area is 161 Å². The Bertz CT molecular complexity index is 778. The van der Waals surface area contributed by atoms with Gasteiger partial charge in [-0.05, 0) is 19.1 Å². The first-order valence-corrected chi connectivity index (χ1v) is 9.20. The fourth-order valence-electron chi connectivity index (χ4n) is 2.59. The van der Waals surface area contributed by atoms with E-state index in [-0.39, 0.29) is 5.91 Å². The van der Waals surface area contributed by atoms with E-state index in [9.17, 15) is 4.79 Å². The van der Waals surface area contributed by atoms with Gasteiger partial charge in [0.1, 0.15) is 11.5 Å². The molecule has 1 aromatic carbocycles. The van der Waals surface area contributed by atoms with E-state index >= 15 is 0 Å². The van der Waals surface area contributed by atoms with Crippen LogP contribution < -0.4 is 24.4 Å². The highest BCUT2D eigenvalue weighted by molar-refractivity contribution is 6.99. The average Bonchev–Trinajstić information content (AvgIpc) is 3.16. The van der Waals surface area contributed by atoms with Crippen molar-refractivity contribution in [3.05, 3.63) is 18.2 Å². The van der Waals surface area contributed by atoms with Crippen LogP contribution in [-0.2, 0) is 9.53 Å². The van der Waals surface area contributed by atoms with E-state index < -0.39 is 6.10 Å². The van der Waals surface area contributed by atoms with Crippen LogP contribution in [0.2, 0.25) is 0 Å². The average molecular weight is 394 g/mol. The van der Waals surface area contributed by atoms with E-state index in [0.717, 1.165) is 11.7 Å². The monoisotopic (exact) mass is 394 g/mol. The summed E-state index contributed by atoms with van der Waals surface area (Å²) in [6, 6.07) is 5.16. The largest absolute Gasteiger partial charge is 0.497 e. The molecule has 1 fully saturated rings. The van der Waals surface area contributed by atoms with Crippen molar-refractivity contribution in [2.24, 2.45) is 0 Å². The molecule has 3 rings (SSSR count). The van der Waals surface area contributed by atoms with E-state index in [2.05, 4.69) is 14.1 Å². The van der Waals surface area contributed by atoms with Crippen molar-refractivity contribution in [1.29, 1.82) is 0 Å². The number of nitrogens with one attached hydrogen (secondary N) is 1. The molecule has 1 saturated heterocycles. The Morgan fingerprint density at radius 1 is 1.26 bits per heavy atom. The second kappa shape index (κ2) is 8.87. The van der Waals surface area contributed by atoms with Crippen molar-refractivity contribution in [1.82, 2.24) is 8.75 Å². The van der Waals surface area contributed by atoms with Gasteiger partial charge < -0.3 is 29.2 Å². The summed E-state index contributed by atoms with van der Waals surface area (Å²) in [5.74, 6) is 1.80. The van der Waals surface area contributed by atoms with Gasteiger partial charge in [-0.2, -0.15) is 4.37 Å². The molecule has 1 atom stereocenters. The zero-order chi connectivity index (χ0) is 19.2. The van der Waals surface area contributed by atoms with Crippen LogP contribution >= 0.6 is 11.7 Å². The van der Waals surface area contributed by atoms with Gasteiger partial charge in [0.2, 0.25) is 5.82 Å². The molecule has 27 heavy (non-hydrogen) atoms. The van der Waals surface area contributed by atoms with Crippen LogP contribution in [-0.4, -0.2) is 61.3 Å². The summed E-state index contributed by atoms with van der Waals surface area (Å²) >= 11 is 1.05. The number of nitrogens with zero attached hydrogens (tertiary/aromatic N) is 3. The lowest BCUT2D eigenvalue weighted by Crippen LogP contribution is -2.37. The molecule has 0 saturated carbocycles. The molecule has 1 aromatic heterocycles. The minimum absolute atomic E-state index is 0.331. The Kier molecular flexibility index (Phi) is 6.30. The first kappa shape index (κ1) is 19.2. The molecule has 1 aliphatic rings. The molecule has 0 aliphatic carbocycles. The SMILES string of the molecule is COc1ccc(OC)c(NC(=O)[C@H](C)Oc2nsnc2N2CCOCC2)c1. The maximum absolute atomic E-state index is 12.6. The number of amides is 1. The molecule has 2 heterocycles. The number of methoxy groups -OCH3 is 2. The number of hydrogen-bond acceptors (Lipinski definition) is 9. The molecule has 0 spiro atoms. The molecule has 1 amide bonds. The van der Waals surface area contributed by atoms with Gasteiger partial charge in [-0.1, -0.05) is 0 Å². The summed E-state index contributed by atoms with van der Waals surface area (Å²) < 4.78 is 30.1. The zero-order valence-corrected chi connectivity index (χ0v) is 16.2. The highest BCUT2D eigenvalue weighted by Gasteiger charge is 2.24. The van der Waals surface area contributed by atoms with Gasteiger partial charge in [-0.3, -0.25) is 4.79 Å². The van der Waals surface area contributed by atoms with Crippen LogP contribution in [0.3, 0.4) is 0 Å². The fraction of sp³-hybridized carbons (Fsp3) is 0.471. The number of carbonyl (C=O) groups excluding carboxylic acids is 1. The number of carbonyl (C=O) groups is 1. The summed E-state index contributed by atoms with van der Waals surface area (Å²) in [5.41, 5.74) is 0.502. The molecule has 1 aliphatic heterocycles. The quantitative estimate of drug-likeness (QED) is 0.760. The molecule has 0 radical (unpaired) electrons. The number of anilines is 2. The smallest absolute Gasteiger partial charge is 0.271 e. The number of aromatic nitrogens is 2. The van der Waals surface area contributed by atoms with Crippen molar-refractivity contribution >= 4 is 29.1 Å². The van der Waals surface area contributed by atoms with Gasteiger partial charge >= 0.3 is 0 Å². The summed E-state index contributed by atoms with van der Waals surface area (Å²) in [4.78, 5) is 14.6. The molecule has 2 aromatic rings. The van der Waals surface area contributed by atoms with Crippen LogP contribution in [0.1, 0.15) is 6.92 Å². The van der Waals surface area contributed by atoms with Gasteiger partial charge in [0, 0.05) is 19.2 Å². The van der Waals surface area contributed by atoms with Gasteiger partial charge in [-0.15, -0.1) is 4.37 Å². The van der Waals surface area contributed by atoms with Crippen molar-refractivity contribution in [3.8, 4) is 17.4 Å². The molecule has 0 bridgehead atoms. The predicted molar refractivity (Wildman–Crippen MR) is 101 cm³/mol. The summed E-state index contributed by atoms with van der Waals surface area (Å²) in [6.07, 6.45) is -0.774. The summed E-state index contributed by atoms with van der Waals surface area (Å²) in [6.45, 7) is 4.34. The molecule has 10 heteroatoms. The first-order valence-electron chi connectivity index (χ1n) is 8.47. The third-order valence-corrected chi connectivity index (χ3v) is 4.58. The number of benzene rings is 1. The lowest BCUT2D eigenvalue weighted by molar-refractivity contribution is -0.122. The van der Waals surface area contributed by atoms with E-state index in [1.165, 1.54) is 7.11 Å². The van der Waals surface area contributed by atoms with Crippen LogP contribution in [0, 0.1) is 0 Å². The number of ether oxygens (including phenoxy) is 4. The van der Waals surface area contributed by atoms with Crippen LogP contribution in [0.15, 0.2) is 18.2 Å². The molecule has 1 N–H and O–H groups in total. The van der Waals surface area contributed by atoms with E-state index in [4.69, 9.17) is 18.9 Å². The van der Waals surface area contributed by atoms with E-state index in [0.29, 0.717) is 55.2 Å². The Morgan fingerprint density at radius 2 is 2.04 bits per heavy atom. The van der Waals surface area contributed by atoms with Gasteiger partial charge in [0.25, 0.3) is 11.8 Å². The zero-order valence-electron chi connectivity index (χ0n) is 15.4. The fourth-order valence-corrected chi connectivity index (χ4v) is 3.10.